The van der Waals surface area contributed by atoms with Gasteiger partial charge in [-0.15, -0.1) is 12.3 Å². The first-order chi connectivity index (χ1) is 18.3. The van der Waals surface area contributed by atoms with Crippen molar-refractivity contribution in [3.63, 3.8) is 0 Å². The molecule has 0 saturated carbocycles. The molecular formula is C30H38FN3O4. The molecule has 1 aliphatic heterocycles. The molecule has 1 heterocycles. The summed E-state index contributed by atoms with van der Waals surface area (Å²) < 4.78 is 20.1. The van der Waals surface area contributed by atoms with E-state index in [2.05, 4.69) is 35.6 Å². The second-order valence-corrected chi connectivity index (χ2v) is 9.72. The zero-order valence-corrected chi connectivity index (χ0v) is 22.2. The smallest absolute Gasteiger partial charge is 0.244 e. The first kappa shape index (κ1) is 29.2. The molecule has 7 nitrogen and oxygen atoms in total. The number of aryl methyl sites for hydroxylation is 1. The van der Waals surface area contributed by atoms with Crippen LogP contribution in [0.15, 0.2) is 42.5 Å². The quantitative estimate of drug-likeness (QED) is 0.486. The molecule has 204 valence electrons. The van der Waals surface area contributed by atoms with Crippen molar-refractivity contribution in [1.29, 1.82) is 0 Å². The highest BCUT2D eigenvalue weighted by Crippen LogP contribution is 2.20. The first-order valence-corrected chi connectivity index (χ1v) is 13.2. The number of terminal acetylenes is 1. The lowest BCUT2D eigenvalue weighted by Gasteiger charge is -2.30. The molecule has 3 unspecified atom stereocenters. The van der Waals surface area contributed by atoms with E-state index in [9.17, 15) is 19.1 Å². The summed E-state index contributed by atoms with van der Waals surface area (Å²) in [5.74, 6) is 1.74. The molecule has 0 fully saturated rings. The Morgan fingerprint density at radius 2 is 2.03 bits per heavy atom. The number of fused-ring (bicyclic) bond motifs is 2. The number of nitrogens with one attached hydrogen (secondary N) is 2. The fraction of sp³-hybridized carbons (Fsp3) is 0.467. The van der Waals surface area contributed by atoms with E-state index in [0.29, 0.717) is 37.3 Å². The fourth-order valence-electron chi connectivity index (χ4n) is 4.54. The number of carbonyl (C=O) groups excluding carboxylic acids is 2. The highest BCUT2D eigenvalue weighted by molar-refractivity contribution is 5.88. The van der Waals surface area contributed by atoms with Gasteiger partial charge in [-0.1, -0.05) is 31.2 Å². The van der Waals surface area contributed by atoms with Crippen LogP contribution in [0.5, 0.6) is 5.75 Å². The lowest BCUT2D eigenvalue weighted by atomic mass is 9.99. The number of ether oxygens (including phenoxy) is 1. The predicted octanol–water partition coefficient (Wildman–Crippen LogP) is 2.98. The van der Waals surface area contributed by atoms with E-state index < -0.39 is 29.9 Å². The van der Waals surface area contributed by atoms with Crippen LogP contribution in [0, 0.1) is 18.2 Å². The zero-order valence-electron chi connectivity index (χ0n) is 22.2. The molecule has 2 aromatic carbocycles. The number of aliphatic hydroxyl groups is 1. The predicted molar refractivity (Wildman–Crippen MR) is 145 cm³/mol. The van der Waals surface area contributed by atoms with Crippen molar-refractivity contribution < 1.29 is 23.8 Å². The summed E-state index contributed by atoms with van der Waals surface area (Å²) in [4.78, 5) is 27.5. The van der Waals surface area contributed by atoms with Gasteiger partial charge in [-0.2, -0.15) is 0 Å². The van der Waals surface area contributed by atoms with Gasteiger partial charge in [-0.3, -0.25) is 9.59 Å². The SMILES string of the molecule is C#CCC1C(=O)NC(C(O)CNCc2cccc(CC)c2)Cc2cc(F)cc(c2)OCCCCC(=O)N1C. The Hall–Kier alpha value is -3.41. The van der Waals surface area contributed by atoms with Crippen LogP contribution in [-0.4, -0.2) is 60.2 Å². The minimum Gasteiger partial charge on any atom is -0.493 e. The van der Waals surface area contributed by atoms with Crippen LogP contribution in [0.25, 0.3) is 0 Å². The molecule has 3 N–H and O–H groups in total. The average Bonchev–Trinajstić information content (AvgIpc) is 2.90. The van der Waals surface area contributed by atoms with Gasteiger partial charge < -0.3 is 25.4 Å². The minimum atomic E-state index is -0.996. The summed E-state index contributed by atoms with van der Waals surface area (Å²) in [6.45, 7) is 3.16. The van der Waals surface area contributed by atoms with Crippen LogP contribution in [0.2, 0.25) is 0 Å². The molecular weight excluding hydrogens is 485 g/mol. The van der Waals surface area contributed by atoms with Gasteiger partial charge in [0.1, 0.15) is 17.6 Å². The van der Waals surface area contributed by atoms with Crippen LogP contribution in [0.3, 0.4) is 0 Å². The van der Waals surface area contributed by atoms with E-state index in [4.69, 9.17) is 11.2 Å². The molecule has 1 aliphatic rings. The van der Waals surface area contributed by atoms with E-state index in [1.807, 2.05) is 12.1 Å². The van der Waals surface area contributed by atoms with Crippen molar-refractivity contribution in [3.8, 4) is 18.1 Å². The van der Waals surface area contributed by atoms with Crippen LogP contribution in [0.1, 0.15) is 49.3 Å². The standard InChI is InChI=1S/C30H38FN3O4/c1-4-9-27-30(37)33-26(28(35)20-32-19-22-11-8-10-21(5-2)14-22)17-23-15-24(31)18-25(16-23)38-13-7-6-12-29(36)34(27)3/h1,8,10-11,14-16,18,26-28,32,35H,5-7,9,12-13,17,19-20H2,2-3H3,(H,33,37). The van der Waals surface area contributed by atoms with Gasteiger partial charge in [0, 0.05) is 39.0 Å². The minimum absolute atomic E-state index is 0.0378. The highest BCUT2D eigenvalue weighted by Gasteiger charge is 2.30. The van der Waals surface area contributed by atoms with Crippen molar-refractivity contribution >= 4 is 11.8 Å². The maximum Gasteiger partial charge on any atom is 0.244 e. The number of benzene rings is 2. The third kappa shape index (κ3) is 8.57. The maximum atomic E-state index is 14.4. The molecule has 0 spiro atoms. The number of halogens is 1. The molecule has 8 heteroatoms. The summed E-state index contributed by atoms with van der Waals surface area (Å²) in [7, 11) is 1.56. The lowest BCUT2D eigenvalue weighted by Crippen LogP contribution is -2.55. The number of aliphatic hydroxyl groups excluding tert-OH is 1. The summed E-state index contributed by atoms with van der Waals surface area (Å²) >= 11 is 0. The molecule has 3 atom stereocenters. The summed E-state index contributed by atoms with van der Waals surface area (Å²) in [5.41, 5.74) is 2.89. The molecule has 38 heavy (non-hydrogen) atoms. The Labute approximate surface area is 224 Å². The Balaban J connectivity index is 1.82. The fourth-order valence-corrected chi connectivity index (χ4v) is 4.54. The van der Waals surface area contributed by atoms with E-state index in [0.717, 1.165) is 12.0 Å². The van der Waals surface area contributed by atoms with Gasteiger partial charge >= 0.3 is 0 Å². The van der Waals surface area contributed by atoms with Crippen LogP contribution < -0.4 is 15.4 Å². The van der Waals surface area contributed by atoms with E-state index in [1.54, 1.807) is 13.1 Å². The van der Waals surface area contributed by atoms with Gasteiger partial charge in [0.05, 0.1) is 18.8 Å². The topological polar surface area (TPSA) is 90.9 Å². The largest absolute Gasteiger partial charge is 0.493 e. The van der Waals surface area contributed by atoms with Crippen LogP contribution in [-0.2, 0) is 29.0 Å². The van der Waals surface area contributed by atoms with Gasteiger partial charge in [-0.05, 0) is 54.5 Å². The average molecular weight is 524 g/mol. The molecule has 0 aliphatic carbocycles. The lowest BCUT2D eigenvalue weighted by molar-refractivity contribution is -0.139. The van der Waals surface area contributed by atoms with Crippen molar-refractivity contribution in [2.45, 2.75) is 70.2 Å². The molecule has 0 saturated heterocycles. The Morgan fingerprint density at radius 3 is 2.79 bits per heavy atom. The Bertz CT molecular complexity index is 1130. The summed E-state index contributed by atoms with van der Waals surface area (Å²) in [6, 6.07) is 10.9. The second-order valence-electron chi connectivity index (χ2n) is 9.72. The number of nitrogens with zero attached hydrogens (tertiary/aromatic N) is 1. The first-order valence-electron chi connectivity index (χ1n) is 13.2. The second kappa shape index (κ2) is 14.5. The molecule has 2 bridgehead atoms. The maximum absolute atomic E-state index is 14.4. The number of hydrogen-bond acceptors (Lipinski definition) is 5. The number of carbonyl (C=O) groups is 2. The van der Waals surface area contributed by atoms with E-state index >= 15 is 0 Å². The normalized spacial score (nSPS) is 19.9. The van der Waals surface area contributed by atoms with Crippen LogP contribution in [0.4, 0.5) is 4.39 Å². The molecule has 3 rings (SSSR count). The molecule has 2 amide bonds. The highest BCUT2D eigenvalue weighted by atomic mass is 19.1. The van der Waals surface area contributed by atoms with Crippen molar-refractivity contribution in [2.75, 3.05) is 20.2 Å². The van der Waals surface area contributed by atoms with Crippen molar-refractivity contribution in [2.24, 2.45) is 0 Å². The van der Waals surface area contributed by atoms with Gasteiger partial charge in [-0.25, -0.2) is 4.39 Å². The summed E-state index contributed by atoms with van der Waals surface area (Å²) in [6.07, 6.45) is 7.05. The Morgan fingerprint density at radius 1 is 1.24 bits per heavy atom. The number of likely N-dealkylation sites (N-methyl/N-ethyl adjacent to an activating group) is 1. The van der Waals surface area contributed by atoms with E-state index in [-0.39, 0.29) is 31.7 Å². The molecule has 0 aromatic heterocycles. The van der Waals surface area contributed by atoms with Gasteiger partial charge in [0.15, 0.2) is 0 Å². The molecule has 2 aromatic rings. The van der Waals surface area contributed by atoms with Gasteiger partial charge in [0.2, 0.25) is 11.8 Å². The van der Waals surface area contributed by atoms with Crippen molar-refractivity contribution in [1.82, 2.24) is 15.5 Å². The number of hydrogen-bond donors (Lipinski definition) is 3. The van der Waals surface area contributed by atoms with Gasteiger partial charge in [0.25, 0.3) is 0 Å². The number of amides is 2. The zero-order chi connectivity index (χ0) is 27.5. The third-order valence-electron chi connectivity index (χ3n) is 6.79. The number of rotatable bonds is 7. The Kier molecular flexibility index (Phi) is 11.1. The van der Waals surface area contributed by atoms with E-state index in [1.165, 1.54) is 22.6 Å². The monoisotopic (exact) mass is 523 g/mol. The van der Waals surface area contributed by atoms with Crippen molar-refractivity contribution in [3.05, 3.63) is 65.0 Å². The third-order valence-corrected chi connectivity index (χ3v) is 6.79. The molecule has 0 radical (unpaired) electrons. The summed E-state index contributed by atoms with van der Waals surface area (Å²) in [5, 5.41) is 17.3. The van der Waals surface area contributed by atoms with Crippen LogP contribution >= 0.6 is 0 Å².